The zero-order valence-corrected chi connectivity index (χ0v) is 20.5. The molecule has 0 radical (unpaired) electrons. The Labute approximate surface area is 208 Å². The van der Waals surface area contributed by atoms with Crippen LogP contribution in [0.1, 0.15) is 26.3 Å². The summed E-state index contributed by atoms with van der Waals surface area (Å²) >= 11 is 0. The molecular formula is C26H26N2O8. The van der Waals surface area contributed by atoms with Gasteiger partial charge in [-0.25, -0.2) is 10.2 Å². The van der Waals surface area contributed by atoms with Crippen LogP contribution in [0.25, 0.3) is 0 Å². The third kappa shape index (κ3) is 6.03. The lowest BCUT2D eigenvalue weighted by atomic mass is 10.2. The van der Waals surface area contributed by atoms with Crippen LogP contribution in [0.5, 0.6) is 34.5 Å². The van der Waals surface area contributed by atoms with Crippen LogP contribution in [-0.4, -0.2) is 53.6 Å². The van der Waals surface area contributed by atoms with Crippen molar-refractivity contribution in [1.29, 1.82) is 0 Å². The van der Waals surface area contributed by atoms with Gasteiger partial charge in [0.2, 0.25) is 0 Å². The van der Waals surface area contributed by atoms with Crippen LogP contribution in [0.4, 0.5) is 0 Å². The van der Waals surface area contributed by atoms with Crippen molar-refractivity contribution >= 4 is 18.1 Å². The smallest absolute Gasteiger partial charge is 0.343 e. The highest BCUT2D eigenvalue weighted by Crippen LogP contribution is 2.31. The molecule has 0 saturated carbocycles. The van der Waals surface area contributed by atoms with Crippen molar-refractivity contribution in [2.24, 2.45) is 5.10 Å². The van der Waals surface area contributed by atoms with Crippen molar-refractivity contribution in [3.63, 3.8) is 0 Å². The first-order chi connectivity index (χ1) is 17.4. The van der Waals surface area contributed by atoms with Crippen molar-refractivity contribution in [3.8, 4) is 34.5 Å². The number of hydrogen-bond acceptors (Lipinski definition) is 9. The number of nitrogens with one attached hydrogen (secondary N) is 1. The summed E-state index contributed by atoms with van der Waals surface area (Å²) in [5, 5.41) is 3.98. The third-order valence-electron chi connectivity index (χ3n) is 5.04. The summed E-state index contributed by atoms with van der Waals surface area (Å²) < 4.78 is 31.6. The first kappa shape index (κ1) is 25.9. The van der Waals surface area contributed by atoms with E-state index in [1.165, 1.54) is 47.8 Å². The van der Waals surface area contributed by atoms with Gasteiger partial charge < -0.3 is 28.4 Å². The van der Waals surface area contributed by atoms with Crippen molar-refractivity contribution in [3.05, 3.63) is 71.3 Å². The van der Waals surface area contributed by atoms with Crippen LogP contribution < -0.4 is 33.8 Å². The van der Waals surface area contributed by atoms with Crippen molar-refractivity contribution in [2.75, 3.05) is 35.5 Å². The van der Waals surface area contributed by atoms with E-state index < -0.39 is 11.9 Å². The molecule has 3 aromatic rings. The van der Waals surface area contributed by atoms with E-state index in [0.717, 1.165) is 0 Å². The fourth-order valence-electron chi connectivity index (χ4n) is 3.18. The maximum atomic E-state index is 12.6. The lowest BCUT2D eigenvalue weighted by Crippen LogP contribution is -2.17. The average molecular weight is 495 g/mol. The molecule has 0 bridgehead atoms. The monoisotopic (exact) mass is 494 g/mol. The number of esters is 1. The molecule has 1 N–H and O–H groups in total. The molecule has 1 amide bonds. The molecule has 0 aliphatic heterocycles. The minimum atomic E-state index is -0.599. The molecule has 0 saturated heterocycles. The van der Waals surface area contributed by atoms with Gasteiger partial charge in [0.25, 0.3) is 5.91 Å². The van der Waals surface area contributed by atoms with Crippen LogP contribution in [-0.2, 0) is 0 Å². The zero-order chi connectivity index (χ0) is 26.1. The van der Waals surface area contributed by atoms with E-state index in [0.29, 0.717) is 39.9 Å². The minimum Gasteiger partial charge on any atom is -0.493 e. The van der Waals surface area contributed by atoms with E-state index in [1.807, 2.05) is 0 Å². The minimum absolute atomic E-state index is 0.212. The first-order valence-corrected chi connectivity index (χ1v) is 10.6. The maximum Gasteiger partial charge on any atom is 0.343 e. The van der Waals surface area contributed by atoms with E-state index in [9.17, 15) is 9.59 Å². The van der Waals surface area contributed by atoms with E-state index in [-0.39, 0.29) is 11.3 Å². The van der Waals surface area contributed by atoms with Crippen molar-refractivity contribution in [2.45, 2.75) is 0 Å². The van der Waals surface area contributed by atoms with Crippen LogP contribution in [0.3, 0.4) is 0 Å². The van der Waals surface area contributed by atoms with Crippen LogP contribution in [0, 0.1) is 0 Å². The Balaban J connectivity index is 1.69. The van der Waals surface area contributed by atoms with E-state index in [1.54, 1.807) is 48.5 Å². The number of methoxy groups -OCH3 is 5. The van der Waals surface area contributed by atoms with Crippen molar-refractivity contribution < 1.29 is 38.0 Å². The second-order valence-corrected chi connectivity index (χ2v) is 7.14. The molecule has 3 aromatic carbocycles. The van der Waals surface area contributed by atoms with E-state index in [4.69, 9.17) is 28.4 Å². The van der Waals surface area contributed by atoms with Gasteiger partial charge in [-0.1, -0.05) is 0 Å². The number of nitrogens with zero attached hydrogens (tertiary/aromatic N) is 1. The van der Waals surface area contributed by atoms with E-state index >= 15 is 0 Å². The molecule has 0 spiro atoms. The van der Waals surface area contributed by atoms with Gasteiger partial charge in [-0.3, -0.25) is 4.79 Å². The summed E-state index contributed by atoms with van der Waals surface area (Å²) in [7, 11) is 7.43. The summed E-state index contributed by atoms with van der Waals surface area (Å²) in [5.41, 5.74) is 3.67. The highest BCUT2D eigenvalue weighted by molar-refractivity contribution is 5.95. The Hall–Kier alpha value is -4.73. The summed E-state index contributed by atoms with van der Waals surface area (Å²) in [6.07, 6.45) is 1.43. The standard InChI is InChI=1S/C26H26N2O8/c1-31-19-10-7-17(13-23(19)34-4)25(29)28-27-15-16-6-9-21(22(12-16)33-3)36-26(30)18-8-11-20(32-2)24(14-18)35-5/h6-15H,1-5H3,(H,28,29). The van der Waals surface area contributed by atoms with E-state index in [2.05, 4.69) is 10.5 Å². The van der Waals surface area contributed by atoms with Gasteiger partial charge >= 0.3 is 5.97 Å². The normalized spacial score (nSPS) is 10.5. The molecule has 10 nitrogen and oxygen atoms in total. The molecule has 3 rings (SSSR count). The lowest BCUT2D eigenvalue weighted by molar-refractivity contribution is 0.0729. The molecule has 0 aliphatic carbocycles. The SMILES string of the molecule is COc1ccc(C(=O)NN=Cc2ccc(OC(=O)c3ccc(OC)c(OC)c3)c(OC)c2)cc1OC. The van der Waals surface area contributed by atoms with Gasteiger partial charge in [0.15, 0.2) is 34.5 Å². The molecule has 0 atom stereocenters. The predicted octanol–water partition coefficient (Wildman–Crippen LogP) is 3.71. The molecule has 188 valence electrons. The fourth-order valence-corrected chi connectivity index (χ4v) is 3.18. The van der Waals surface area contributed by atoms with Gasteiger partial charge in [-0.15, -0.1) is 0 Å². The number of rotatable bonds is 10. The lowest BCUT2D eigenvalue weighted by Gasteiger charge is -2.12. The molecule has 0 unspecified atom stereocenters. The maximum absolute atomic E-state index is 12.6. The number of carbonyl (C=O) groups is 2. The van der Waals surface area contributed by atoms with Crippen LogP contribution >= 0.6 is 0 Å². The molecule has 0 aromatic heterocycles. The van der Waals surface area contributed by atoms with Gasteiger partial charge in [0, 0.05) is 5.56 Å². The number of benzene rings is 3. The third-order valence-corrected chi connectivity index (χ3v) is 5.04. The number of hydrazone groups is 1. The summed E-state index contributed by atoms with van der Waals surface area (Å²) in [6.45, 7) is 0. The molecule has 0 heterocycles. The van der Waals surface area contributed by atoms with Gasteiger partial charge in [0.1, 0.15) is 0 Å². The molecule has 0 fully saturated rings. The molecule has 10 heteroatoms. The fraction of sp³-hybridized carbons (Fsp3) is 0.192. The Bertz CT molecular complexity index is 1270. The molecule has 36 heavy (non-hydrogen) atoms. The average Bonchev–Trinajstić information content (AvgIpc) is 2.92. The largest absolute Gasteiger partial charge is 0.493 e. The second-order valence-electron chi connectivity index (χ2n) is 7.14. The second kappa shape index (κ2) is 12.1. The Morgan fingerprint density at radius 1 is 0.639 bits per heavy atom. The highest BCUT2D eigenvalue weighted by atomic mass is 16.6. The van der Waals surface area contributed by atoms with Crippen LogP contribution in [0.2, 0.25) is 0 Å². The summed E-state index contributed by atoms with van der Waals surface area (Å²) in [5.74, 6) is 1.32. The Morgan fingerprint density at radius 3 is 1.72 bits per heavy atom. The summed E-state index contributed by atoms with van der Waals surface area (Å²) in [4.78, 5) is 25.0. The number of ether oxygens (including phenoxy) is 6. The van der Waals surface area contributed by atoms with Crippen LogP contribution in [0.15, 0.2) is 59.7 Å². The van der Waals surface area contributed by atoms with Crippen molar-refractivity contribution in [1.82, 2.24) is 5.43 Å². The predicted molar refractivity (Wildman–Crippen MR) is 132 cm³/mol. The zero-order valence-electron chi connectivity index (χ0n) is 20.5. The number of amides is 1. The van der Waals surface area contributed by atoms with Gasteiger partial charge in [0.05, 0.1) is 47.3 Å². The first-order valence-electron chi connectivity index (χ1n) is 10.6. The number of hydrogen-bond donors (Lipinski definition) is 1. The Kier molecular flexibility index (Phi) is 8.71. The topological polar surface area (TPSA) is 114 Å². The molecule has 0 aliphatic rings. The molecular weight excluding hydrogens is 468 g/mol. The Morgan fingerprint density at radius 2 is 1.14 bits per heavy atom. The number of carbonyl (C=O) groups excluding carboxylic acids is 2. The highest BCUT2D eigenvalue weighted by Gasteiger charge is 2.16. The summed E-state index contributed by atoms with van der Waals surface area (Å²) in [6, 6.07) is 14.3. The van der Waals surface area contributed by atoms with Gasteiger partial charge in [-0.05, 0) is 60.2 Å². The quantitative estimate of drug-likeness (QED) is 0.196. The van der Waals surface area contributed by atoms with Gasteiger partial charge in [-0.2, -0.15) is 5.10 Å².